The van der Waals surface area contributed by atoms with Gasteiger partial charge >= 0.3 is 0 Å². The molecule has 0 aromatic heterocycles. The maximum Gasteiger partial charge on any atom is 0.0599 e. The molecule has 1 atom stereocenters. The molecule has 1 rings (SSSR count). The van der Waals surface area contributed by atoms with Crippen molar-refractivity contribution in [1.82, 2.24) is 4.90 Å². The molecule has 16 heavy (non-hydrogen) atoms. The number of hydrogen-bond acceptors (Lipinski definition) is 4. The van der Waals surface area contributed by atoms with Crippen molar-refractivity contribution in [2.24, 2.45) is 5.73 Å². The predicted octanol–water partition coefficient (Wildman–Crippen LogP) is 0.587. The Morgan fingerprint density at radius 3 is 2.69 bits per heavy atom. The minimum Gasteiger partial charge on any atom is -0.393 e. The molecule has 1 unspecified atom stereocenters. The van der Waals surface area contributed by atoms with Gasteiger partial charge < -0.3 is 20.5 Å². The zero-order valence-corrected chi connectivity index (χ0v) is 10.4. The summed E-state index contributed by atoms with van der Waals surface area (Å²) in [4.78, 5) is 2.41. The molecular formula is C12H26N2O2. The zero-order chi connectivity index (χ0) is 11.8. The van der Waals surface area contributed by atoms with Crippen LogP contribution in [0.3, 0.4) is 0 Å². The van der Waals surface area contributed by atoms with Crippen LogP contribution in [0.15, 0.2) is 0 Å². The fourth-order valence-corrected chi connectivity index (χ4v) is 2.00. The summed E-state index contributed by atoms with van der Waals surface area (Å²) in [5, 5.41) is 9.22. The van der Waals surface area contributed by atoms with Gasteiger partial charge in [0.25, 0.3) is 0 Å². The number of piperidine rings is 1. The molecule has 1 fully saturated rings. The summed E-state index contributed by atoms with van der Waals surface area (Å²) in [7, 11) is 0. The molecule has 1 aliphatic rings. The zero-order valence-electron chi connectivity index (χ0n) is 10.4. The van der Waals surface area contributed by atoms with E-state index in [0.29, 0.717) is 12.6 Å². The van der Waals surface area contributed by atoms with Gasteiger partial charge in [0.2, 0.25) is 0 Å². The quantitative estimate of drug-likeness (QED) is 0.628. The number of ether oxygens (including phenoxy) is 1. The van der Waals surface area contributed by atoms with Gasteiger partial charge in [0.05, 0.1) is 12.2 Å². The van der Waals surface area contributed by atoms with Crippen LogP contribution in [0, 0.1) is 0 Å². The van der Waals surface area contributed by atoms with Crippen molar-refractivity contribution in [2.45, 2.75) is 44.8 Å². The average molecular weight is 230 g/mol. The van der Waals surface area contributed by atoms with Crippen molar-refractivity contribution >= 4 is 0 Å². The molecule has 1 aliphatic heterocycles. The van der Waals surface area contributed by atoms with E-state index in [1.54, 1.807) is 0 Å². The van der Waals surface area contributed by atoms with E-state index in [4.69, 9.17) is 10.5 Å². The molecule has 0 aliphatic carbocycles. The smallest absolute Gasteiger partial charge is 0.0599 e. The van der Waals surface area contributed by atoms with Crippen LogP contribution < -0.4 is 5.73 Å². The van der Waals surface area contributed by atoms with E-state index in [0.717, 1.165) is 51.9 Å². The highest BCUT2D eigenvalue weighted by molar-refractivity contribution is 4.73. The predicted molar refractivity (Wildman–Crippen MR) is 65.4 cm³/mol. The molecule has 0 bridgehead atoms. The summed E-state index contributed by atoms with van der Waals surface area (Å²) in [5.41, 5.74) is 5.42. The number of aliphatic hydroxyl groups excluding tert-OH is 1. The van der Waals surface area contributed by atoms with Crippen LogP contribution in [0.1, 0.15) is 32.6 Å². The first-order valence-electron chi connectivity index (χ1n) is 6.44. The molecule has 4 heteroatoms. The Bertz CT molecular complexity index is 168. The van der Waals surface area contributed by atoms with Crippen molar-refractivity contribution in [3.05, 3.63) is 0 Å². The van der Waals surface area contributed by atoms with Gasteiger partial charge in [0.1, 0.15) is 0 Å². The van der Waals surface area contributed by atoms with Crippen LogP contribution in [0.2, 0.25) is 0 Å². The number of nitrogens with zero attached hydrogens (tertiary/aromatic N) is 1. The van der Waals surface area contributed by atoms with Crippen LogP contribution in [0.4, 0.5) is 0 Å². The first-order valence-corrected chi connectivity index (χ1v) is 6.44. The fraction of sp³-hybridized carbons (Fsp3) is 1.00. The summed E-state index contributed by atoms with van der Waals surface area (Å²) in [5.74, 6) is 0. The Balaban J connectivity index is 2.04. The lowest BCUT2D eigenvalue weighted by molar-refractivity contribution is 0.00509. The number of nitrogens with two attached hydrogens (primary N) is 1. The highest BCUT2D eigenvalue weighted by atomic mass is 16.5. The first kappa shape index (κ1) is 13.9. The summed E-state index contributed by atoms with van der Waals surface area (Å²) in [6.07, 6.45) is 4.31. The molecule has 1 saturated heterocycles. The van der Waals surface area contributed by atoms with E-state index in [-0.39, 0.29) is 6.10 Å². The topological polar surface area (TPSA) is 58.7 Å². The van der Waals surface area contributed by atoms with Gasteiger partial charge in [-0.1, -0.05) is 0 Å². The molecule has 4 nitrogen and oxygen atoms in total. The lowest BCUT2D eigenvalue weighted by atomic mass is 10.1. The average Bonchev–Trinajstić information content (AvgIpc) is 2.28. The molecule has 3 N–H and O–H groups in total. The maximum absolute atomic E-state index is 9.22. The third-order valence-corrected chi connectivity index (χ3v) is 3.10. The molecule has 0 aromatic rings. The van der Waals surface area contributed by atoms with Gasteiger partial charge in [-0.3, -0.25) is 0 Å². The number of aliphatic hydroxyl groups is 1. The lowest BCUT2D eigenvalue weighted by Crippen LogP contribution is -2.38. The molecule has 0 aromatic carbocycles. The molecule has 0 saturated carbocycles. The van der Waals surface area contributed by atoms with E-state index < -0.39 is 0 Å². The normalized spacial score (nSPS) is 21.2. The molecule has 0 radical (unpaired) electrons. The lowest BCUT2D eigenvalue weighted by Gasteiger charge is -2.32. The Kier molecular flexibility index (Phi) is 6.96. The second kappa shape index (κ2) is 8.01. The number of likely N-dealkylation sites (tertiary alicyclic amines) is 1. The minimum absolute atomic E-state index is 0.182. The van der Waals surface area contributed by atoms with Crippen molar-refractivity contribution in [3.63, 3.8) is 0 Å². The van der Waals surface area contributed by atoms with Gasteiger partial charge in [-0.05, 0) is 39.2 Å². The summed E-state index contributed by atoms with van der Waals surface area (Å²) in [6.45, 7) is 6.57. The minimum atomic E-state index is -0.182. The van der Waals surface area contributed by atoms with Gasteiger partial charge in [-0.2, -0.15) is 0 Å². The third-order valence-electron chi connectivity index (χ3n) is 3.10. The van der Waals surface area contributed by atoms with E-state index >= 15 is 0 Å². The molecule has 96 valence electrons. The Morgan fingerprint density at radius 1 is 1.44 bits per heavy atom. The van der Waals surface area contributed by atoms with Crippen molar-refractivity contribution < 1.29 is 9.84 Å². The number of rotatable bonds is 7. The first-order chi connectivity index (χ1) is 7.72. The third kappa shape index (κ3) is 5.80. The number of hydrogen-bond donors (Lipinski definition) is 2. The van der Waals surface area contributed by atoms with Crippen LogP contribution in [-0.2, 0) is 4.74 Å². The maximum atomic E-state index is 9.22. The SMILES string of the molecule is CC(O)CCN1CCC(OCCCN)CC1. The second-order valence-electron chi connectivity index (χ2n) is 4.69. The van der Waals surface area contributed by atoms with Crippen molar-refractivity contribution in [3.8, 4) is 0 Å². The summed E-state index contributed by atoms with van der Waals surface area (Å²) >= 11 is 0. The van der Waals surface area contributed by atoms with Crippen LogP contribution in [-0.4, -0.2) is 55.0 Å². The highest BCUT2D eigenvalue weighted by Crippen LogP contribution is 2.14. The largest absolute Gasteiger partial charge is 0.393 e. The van der Waals surface area contributed by atoms with Gasteiger partial charge in [-0.15, -0.1) is 0 Å². The highest BCUT2D eigenvalue weighted by Gasteiger charge is 2.19. The Morgan fingerprint density at radius 2 is 2.12 bits per heavy atom. The van der Waals surface area contributed by atoms with Crippen LogP contribution in [0.5, 0.6) is 0 Å². The molecule has 0 amide bonds. The van der Waals surface area contributed by atoms with Gasteiger partial charge in [-0.25, -0.2) is 0 Å². The standard InChI is InChI=1S/C12H26N2O2/c1-11(15)3-7-14-8-4-12(5-9-14)16-10-2-6-13/h11-12,15H,2-10,13H2,1H3. The molecular weight excluding hydrogens is 204 g/mol. The van der Waals surface area contributed by atoms with E-state index in [9.17, 15) is 5.11 Å². The summed E-state index contributed by atoms with van der Waals surface area (Å²) < 4.78 is 5.74. The fourth-order valence-electron chi connectivity index (χ4n) is 2.00. The Labute approximate surface area is 98.8 Å². The van der Waals surface area contributed by atoms with E-state index in [1.807, 2.05) is 6.92 Å². The van der Waals surface area contributed by atoms with E-state index in [1.165, 1.54) is 0 Å². The van der Waals surface area contributed by atoms with Crippen molar-refractivity contribution in [1.29, 1.82) is 0 Å². The van der Waals surface area contributed by atoms with Crippen molar-refractivity contribution in [2.75, 3.05) is 32.8 Å². The monoisotopic (exact) mass is 230 g/mol. The Hall–Kier alpha value is -0.160. The molecule has 0 spiro atoms. The van der Waals surface area contributed by atoms with Gasteiger partial charge in [0.15, 0.2) is 0 Å². The van der Waals surface area contributed by atoms with Crippen LogP contribution in [0.25, 0.3) is 0 Å². The molecule has 1 heterocycles. The second-order valence-corrected chi connectivity index (χ2v) is 4.69. The van der Waals surface area contributed by atoms with E-state index in [2.05, 4.69) is 4.90 Å². The van der Waals surface area contributed by atoms with Gasteiger partial charge in [0, 0.05) is 26.2 Å². The van der Waals surface area contributed by atoms with Crippen LogP contribution >= 0.6 is 0 Å². The summed E-state index contributed by atoms with van der Waals surface area (Å²) in [6, 6.07) is 0.